The van der Waals surface area contributed by atoms with E-state index >= 15 is 0 Å². The second kappa shape index (κ2) is 4.58. The lowest BCUT2D eigenvalue weighted by molar-refractivity contribution is 0.249. The SMILES string of the molecule is Cc1ccc(C(C)C)c2c1OCCC2NC1CC1. The molecule has 1 aliphatic carbocycles. The van der Waals surface area contributed by atoms with Crippen LogP contribution in [0, 0.1) is 6.92 Å². The Morgan fingerprint density at radius 2 is 2.00 bits per heavy atom. The van der Waals surface area contributed by atoms with Crippen molar-refractivity contribution in [1.29, 1.82) is 0 Å². The topological polar surface area (TPSA) is 21.3 Å². The van der Waals surface area contributed by atoms with Crippen LogP contribution in [0.1, 0.15) is 61.8 Å². The van der Waals surface area contributed by atoms with Gasteiger partial charge in [0.15, 0.2) is 0 Å². The Labute approximate surface area is 110 Å². The van der Waals surface area contributed by atoms with Gasteiger partial charge in [-0.2, -0.15) is 0 Å². The van der Waals surface area contributed by atoms with Gasteiger partial charge < -0.3 is 10.1 Å². The van der Waals surface area contributed by atoms with Crippen molar-refractivity contribution < 1.29 is 4.74 Å². The molecule has 1 atom stereocenters. The number of aryl methyl sites for hydroxylation is 1. The predicted octanol–water partition coefficient (Wildman–Crippen LogP) is 3.69. The molecule has 1 N–H and O–H groups in total. The molecule has 98 valence electrons. The number of hydrogen-bond donors (Lipinski definition) is 1. The summed E-state index contributed by atoms with van der Waals surface area (Å²) in [7, 11) is 0. The molecule has 3 rings (SSSR count). The Bertz CT molecular complexity index is 449. The molecule has 1 saturated carbocycles. The fraction of sp³-hybridized carbons (Fsp3) is 0.625. The van der Waals surface area contributed by atoms with Gasteiger partial charge in [-0.05, 0) is 36.8 Å². The summed E-state index contributed by atoms with van der Waals surface area (Å²) in [5.41, 5.74) is 4.16. The third-order valence-corrected chi connectivity index (χ3v) is 4.06. The first-order valence-corrected chi connectivity index (χ1v) is 7.19. The molecule has 0 aromatic heterocycles. The van der Waals surface area contributed by atoms with E-state index in [9.17, 15) is 0 Å². The molecule has 2 aliphatic rings. The molecule has 18 heavy (non-hydrogen) atoms. The lowest BCUT2D eigenvalue weighted by atomic mass is 9.87. The third kappa shape index (κ3) is 2.14. The fourth-order valence-electron chi connectivity index (χ4n) is 2.90. The van der Waals surface area contributed by atoms with Gasteiger partial charge in [0.05, 0.1) is 6.61 Å². The van der Waals surface area contributed by atoms with Crippen molar-refractivity contribution in [2.45, 2.75) is 58.0 Å². The number of benzene rings is 1. The van der Waals surface area contributed by atoms with Crippen molar-refractivity contribution in [3.05, 3.63) is 28.8 Å². The Morgan fingerprint density at radius 3 is 2.67 bits per heavy atom. The van der Waals surface area contributed by atoms with Gasteiger partial charge in [0.2, 0.25) is 0 Å². The van der Waals surface area contributed by atoms with Crippen molar-refractivity contribution >= 4 is 0 Å². The highest BCUT2D eigenvalue weighted by Gasteiger charge is 2.31. The van der Waals surface area contributed by atoms with Gasteiger partial charge >= 0.3 is 0 Å². The molecule has 1 aromatic carbocycles. The van der Waals surface area contributed by atoms with E-state index in [2.05, 4.69) is 38.2 Å². The molecular weight excluding hydrogens is 222 g/mol. The molecule has 0 radical (unpaired) electrons. The summed E-state index contributed by atoms with van der Waals surface area (Å²) in [6.45, 7) is 7.55. The van der Waals surface area contributed by atoms with Crippen LogP contribution in [0.25, 0.3) is 0 Å². The van der Waals surface area contributed by atoms with Gasteiger partial charge in [0.25, 0.3) is 0 Å². The summed E-state index contributed by atoms with van der Waals surface area (Å²) in [6.07, 6.45) is 3.79. The highest BCUT2D eigenvalue weighted by Crippen LogP contribution is 2.41. The molecule has 1 heterocycles. The maximum absolute atomic E-state index is 5.94. The summed E-state index contributed by atoms with van der Waals surface area (Å²) < 4.78 is 5.94. The molecule has 1 fully saturated rings. The van der Waals surface area contributed by atoms with E-state index in [0.29, 0.717) is 12.0 Å². The van der Waals surface area contributed by atoms with Gasteiger partial charge in [-0.3, -0.25) is 0 Å². The molecule has 2 nitrogen and oxygen atoms in total. The van der Waals surface area contributed by atoms with Crippen LogP contribution in [0.5, 0.6) is 5.75 Å². The number of fused-ring (bicyclic) bond motifs is 1. The largest absolute Gasteiger partial charge is 0.493 e. The number of rotatable bonds is 3. The van der Waals surface area contributed by atoms with Crippen molar-refractivity contribution in [2.75, 3.05) is 6.61 Å². The lowest BCUT2D eigenvalue weighted by Gasteiger charge is -2.31. The zero-order valence-corrected chi connectivity index (χ0v) is 11.6. The molecule has 0 bridgehead atoms. The van der Waals surface area contributed by atoms with Crippen LogP contribution in [0.2, 0.25) is 0 Å². The highest BCUT2D eigenvalue weighted by molar-refractivity contribution is 5.50. The van der Waals surface area contributed by atoms with Gasteiger partial charge in [-0.1, -0.05) is 26.0 Å². The van der Waals surface area contributed by atoms with Gasteiger partial charge in [0.1, 0.15) is 5.75 Å². The molecule has 1 aliphatic heterocycles. The predicted molar refractivity (Wildman–Crippen MR) is 74.3 cm³/mol. The van der Waals surface area contributed by atoms with Crippen molar-refractivity contribution in [3.63, 3.8) is 0 Å². The van der Waals surface area contributed by atoms with E-state index in [1.54, 1.807) is 0 Å². The first kappa shape index (κ1) is 12.0. The van der Waals surface area contributed by atoms with E-state index in [0.717, 1.165) is 24.8 Å². The van der Waals surface area contributed by atoms with E-state index in [1.807, 2.05) is 0 Å². The number of nitrogens with one attached hydrogen (secondary N) is 1. The Kier molecular flexibility index (Phi) is 3.06. The average molecular weight is 245 g/mol. The monoisotopic (exact) mass is 245 g/mol. The summed E-state index contributed by atoms with van der Waals surface area (Å²) in [5, 5.41) is 3.79. The lowest BCUT2D eigenvalue weighted by Crippen LogP contribution is -2.30. The van der Waals surface area contributed by atoms with E-state index in [1.165, 1.54) is 29.5 Å². The number of ether oxygens (including phenoxy) is 1. The standard InChI is InChI=1S/C16H23NO/c1-10(2)13-7-4-11(3)16-15(13)14(8-9-18-16)17-12-5-6-12/h4,7,10,12,14,17H,5-6,8-9H2,1-3H3. The van der Waals surface area contributed by atoms with Gasteiger partial charge in [0, 0.05) is 24.1 Å². The van der Waals surface area contributed by atoms with E-state index < -0.39 is 0 Å². The average Bonchev–Trinajstić information content (AvgIpc) is 3.14. The molecule has 1 unspecified atom stereocenters. The zero-order valence-electron chi connectivity index (χ0n) is 11.6. The van der Waals surface area contributed by atoms with E-state index in [4.69, 9.17) is 4.74 Å². The minimum atomic E-state index is 0.499. The third-order valence-electron chi connectivity index (χ3n) is 4.06. The van der Waals surface area contributed by atoms with Gasteiger partial charge in [-0.25, -0.2) is 0 Å². The molecule has 0 spiro atoms. The fourth-order valence-corrected chi connectivity index (χ4v) is 2.90. The summed E-state index contributed by atoms with van der Waals surface area (Å²) >= 11 is 0. The maximum atomic E-state index is 5.94. The summed E-state index contributed by atoms with van der Waals surface area (Å²) in [6, 6.07) is 5.74. The smallest absolute Gasteiger partial charge is 0.127 e. The van der Waals surface area contributed by atoms with Crippen molar-refractivity contribution in [1.82, 2.24) is 5.32 Å². The quantitative estimate of drug-likeness (QED) is 0.877. The Morgan fingerprint density at radius 1 is 1.22 bits per heavy atom. The number of hydrogen-bond acceptors (Lipinski definition) is 2. The zero-order chi connectivity index (χ0) is 12.7. The first-order valence-electron chi connectivity index (χ1n) is 7.19. The van der Waals surface area contributed by atoms with Crippen molar-refractivity contribution in [3.8, 4) is 5.75 Å². The Balaban J connectivity index is 2.02. The van der Waals surface area contributed by atoms with Crippen LogP contribution < -0.4 is 10.1 Å². The molecule has 0 amide bonds. The molecule has 2 heteroatoms. The van der Waals surface area contributed by atoms with Crippen LogP contribution >= 0.6 is 0 Å². The highest BCUT2D eigenvalue weighted by atomic mass is 16.5. The van der Waals surface area contributed by atoms with Crippen LogP contribution in [0.15, 0.2) is 12.1 Å². The van der Waals surface area contributed by atoms with Crippen LogP contribution in [0.4, 0.5) is 0 Å². The summed E-state index contributed by atoms with van der Waals surface area (Å²) in [5.74, 6) is 1.70. The van der Waals surface area contributed by atoms with E-state index in [-0.39, 0.29) is 0 Å². The normalized spacial score (nSPS) is 22.8. The molecule has 0 saturated heterocycles. The minimum Gasteiger partial charge on any atom is -0.493 e. The van der Waals surface area contributed by atoms with Crippen LogP contribution in [-0.2, 0) is 0 Å². The summed E-state index contributed by atoms with van der Waals surface area (Å²) in [4.78, 5) is 0. The second-order valence-corrected chi connectivity index (χ2v) is 6.00. The van der Waals surface area contributed by atoms with Crippen molar-refractivity contribution in [2.24, 2.45) is 0 Å². The second-order valence-electron chi connectivity index (χ2n) is 6.00. The Hall–Kier alpha value is -1.02. The maximum Gasteiger partial charge on any atom is 0.127 e. The first-order chi connectivity index (χ1) is 8.66. The van der Waals surface area contributed by atoms with Crippen LogP contribution in [0.3, 0.4) is 0 Å². The molecular formula is C16H23NO. The van der Waals surface area contributed by atoms with Crippen LogP contribution in [-0.4, -0.2) is 12.6 Å². The molecule has 1 aromatic rings. The van der Waals surface area contributed by atoms with Gasteiger partial charge in [-0.15, -0.1) is 0 Å². The minimum absolute atomic E-state index is 0.499.